The minimum Gasteiger partial charge on any atom is -0.463 e. The maximum Gasteiger partial charge on any atom is 0.343 e. The van der Waals surface area contributed by atoms with E-state index in [1.807, 2.05) is 36.4 Å². The predicted molar refractivity (Wildman–Crippen MR) is 152 cm³/mol. The third-order valence-corrected chi connectivity index (χ3v) is 7.56. The molecular weight excluding hydrogens is 580 g/mol. The molecule has 0 saturated heterocycles. The number of halogens is 1. The maximum atomic E-state index is 13.7. The van der Waals surface area contributed by atoms with Crippen molar-refractivity contribution in [2.45, 2.75) is 19.9 Å². The van der Waals surface area contributed by atoms with E-state index in [1.165, 1.54) is 11.3 Å². The summed E-state index contributed by atoms with van der Waals surface area (Å²) < 4.78 is 13.6. The molecule has 2 heterocycles. The Morgan fingerprint density at radius 2 is 1.77 bits per heavy atom. The summed E-state index contributed by atoms with van der Waals surface area (Å²) in [6.45, 7) is 3.72. The number of fused-ring (bicyclic) bond motifs is 1. The van der Waals surface area contributed by atoms with Crippen LogP contribution in [-0.4, -0.2) is 23.1 Å². The van der Waals surface area contributed by atoms with Gasteiger partial charge in [-0.2, -0.15) is 0 Å². The Bertz CT molecular complexity index is 1770. The number of aromatic nitrogens is 1. The summed E-state index contributed by atoms with van der Waals surface area (Å²) in [5.41, 5.74) is 2.58. The Hall–Kier alpha value is -4.08. The first-order chi connectivity index (χ1) is 18.9. The van der Waals surface area contributed by atoms with Crippen molar-refractivity contribution in [3.63, 3.8) is 0 Å². The van der Waals surface area contributed by atoms with Crippen molar-refractivity contribution in [2.75, 3.05) is 6.61 Å². The molecule has 7 nitrogen and oxygen atoms in total. The highest BCUT2D eigenvalue weighted by atomic mass is 79.9. The summed E-state index contributed by atoms with van der Waals surface area (Å²) in [7, 11) is 0. The molecule has 0 N–H and O–H groups in total. The molecule has 0 fully saturated rings. The molecule has 0 saturated carbocycles. The van der Waals surface area contributed by atoms with E-state index in [-0.39, 0.29) is 12.2 Å². The molecular formula is C30H23BrN2O5S. The second kappa shape index (κ2) is 11.3. The molecule has 0 amide bonds. The molecule has 196 valence electrons. The van der Waals surface area contributed by atoms with Gasteiger partial charge in [0.2, 0.25) is 0 Å². The largest absolute Gasteiger partial charge is 0.463 e. The van der Waals surface area contributed by atoms with Gasteiger partial charge in [0.25, 0.3) is 5.56 Å². The van der Waals surface area contributed by atoms with Crippen LogP contribution in [0, 0.1) is 0 Å². The highest BCUT2D eigenvalue weighted by Gasteiger charge is 2.33. The zero-order valence-corrected chi connectivity index (χ0v) is 23.5. The highest BCUT2D eigenvalue weighted by Crippen LogP contribution is 2.30. The molecule has 9 heteroatoms. The topological polar surface area (TPSA) is 87.0 Å². The molecule has 39 heavy (non-hydrogen) atoms. The fourth-order valence-corrected chi connectivity index (χ4v) is 5.75. The first-order valence-corrected chi connectivity index (χ1v) is 13.8. The van der Waals surface area contributed by atoms with Gasteiger partial charge in [-0.15, -0.1) is 0 Å². The lowest BCUT2D eigenvalue weighted by Gasteiger charge is -2.24. The van der Waals surface area contributed by atoms with Gasteiger partial charge in [-0.3, -0.25) is 9.36 Å². The van der Waals surface area contributed by atoms with Gasteiger partial charge in [0.05, 0.1) is 34.0 Å². The maximum absolute atomic E-state index is 13.7. The van der Waals surface area contributed by atoms with Crippen LogP contribution in [0.4, 0.5) is 0 Å². The van der Waals surface area contributed by atoms with Gasteiger partial charge in [0, 0.05) is 4.47 Å². The fourth-order valence-electron chi connectivity index (χ4n) is 4.31. The summed E-state index contributed by atoms with van der Waals surface area (Å²) >= 11 is 4.60. The number of esters is 2. The number of benzene rings is 3. The van der Waals surface area contributed by atoms with Crippen molar-refractivity contribution in [2.24, 2.45) is 4.99 Å². The monoisotopic (exact) mass is 602 g/mol. The van der Waals surface area contributed by atoms with E-state index in [0.29, 0.717) is 31.9 Å². The summed E-state index contributed by atoms with van der Waals surface area (Å²) in [4.78, 5) is 44.1. The van der Waals surface area contributed by atoms with Gasteiger partial charge in [-0.05, 0) is 61.4 Å². The van der Waals surface area contributed by atoms with Crippen LogP contribution in [0.15, 0.2) is 104 Å². The van der Waals surface area contributed by atoms with Gasteiger partial charge >= 0.3 is 11.9 Å². The SMILES string of the molecule is CCOC(=O)C1=C(C)N=c2s/c(=C/c3ccc(OC(=O)c4cccc(Br)c4)cc3)c(=O)n2C1c1ccccc1. The van der Waals surface area contributed by atoms with Gasteiger partial charge in [-0.25, -0.2) is 14.6 Å². The minimum atomic E-state index is -0.650. The van der Waals surface area contributed by atoms with Crippen LogP contribution in [0.5, 0.6) is 5.75 Å². The normalized spacial score (nSPS) is 14.9. The van der Waals surface area contributed by atoms with Crippen molar-refractivity contribution in [1.29, 1.82) is 0 Å². The minimum absolute atomic E-state index is 0.218. The van der Waals surface area contributed by atoms with Crippen molar-refractivity contribution >= 4 is 45.3 Å². The van der Waals surface area contributed by atoms with Crippen LogP contribution < -0.4 is 19.6 Å². The van der Waals surface area contributed by atoms with Gasteiger partial charge in [-0.1, -0.05) is 75.8 Å². The number of hydrogen-bond donors (Lipinski definition) is 0. The number of ether oxygens (including phenoxy) is 2. The molecule has 4 aromatic rings. The second-order valence-corrected chi connectivity index (χ2v) is 10.6. The van der Waals surface area contributed by atoms with Gasteiger partial charge in [0.1, 0.15) is 5.75 Å². The van der Waals surface area contributed by atoms with Crippen molar-refractivity contribution in [3.8, 4) is 5.75 Å². The van der Waals surface area contributed by atoms with Gasteiger partial charge in [0.15, 0.2) is 4.80 Å². The van der Waals surface area contributed by atoms with Crippen LogP contribution in [0.1, 0.15) is 41.4 Å². The van der Waals surface area contributed by atoms with Crippen molar-refractivity contribution in [3.05, 3.63) is 131 Å². The molecule has 0 spiro atoms. The zero-order valence-electron chi connectivity index (χ0n) is 21.1. The molecule has 1 aliphatic heterocycles. The molecule has 5 rings (SSSR count). The molecule has 0 bridgehead atoms. The molecule has 1 aromatic heterocycles. The van der Waals surface area contributed by atoms with Crippen molar-refractivity contribution in [1.82, 2.24) is 4.57 Å². The lowest BCUT2D eigenvalue weighted by Crippen LogP contribution is -2.39. The smallest absolute Gasteiger partial charge is 0.343 e. The molecule has 0 aliphatic carbocycles. The van der Waals surface area contributed by atoms with Crippen molar-refractivity contribution < 1.29 is 19.1 Å². The Balaban J connectivity index is 1.49. The first kappa shape index (κ1) is 26.5. The quantitative estimate of drug-likeness (QED) is 0.234. The molecule has 3 aromatic carbocycles. The van der Waals surface area contributed by atoms with Crippen LogP contribution in [0.2, 0.25) is 0 Å². The zero-order chi connectivity index (χ0) is 27.5. The third-order valence-electron chi connectivity index (χ3n) is 6.08. The Labute approximate surface area is 236 Å². The fraction of sp³-hybridized carbons (Fsp3) is 0.133. The average molecular weight is 603 g/mol. The second-order valence-electron chi connectivity index (χ2n) is 8.68. The summed E-state index contributed by atoms with van der Waals surface area (Å²) in [6.07, 6.45) is 1.76. The molecule has 0 radical (unpaired) electrons. The van der Waals surface area contributed by atoms with Crippen LogP contribution in [-0.2, 0) is 9.53 Å². The van der Waals surface area contributed by atoms with E-state index in [2.05, 4.69) is 20.9 Å². The number of carbonyl (C=O) groups is 2. The Morgan fingerprint density at radius 1 is 1.03 bits per heavy atom. The van der Waals surface area contributed by atoms with Crippen LogP contribution in [0.25, 0.3) is 6.08 Å². The predicted octanol–water partition coefficient (Wildman–Crippen LogP) is 4.78. The molecule has 1 aliphatic rings. The first-order valence-electron chi connectivity index (χ1n) is 12.2. The van der Waals surface area contributed by atoms with E-state index >= 15 is 0 Å². The average Bonchev–Trinajstić information content (AvgIpc) is 3.23. The highest BCUT2D eigenvalue weighted by molar-refractivity contribution is 9.10. The van der Waals surface area contributed by atoms with E-state index in [9.17, 15) is 14.4 Å². The number of hydrogen-bond acceptors (Lipinski definition) is 7. The third kappa shape index (κ3) is 5.55. The van der Waals surface area contributed by atoms with E-state index in [1.54, 1.807) is 67.0 Å². The Kier molecular flexibility index (Phi) is 7.72. The number of rotatable bonds is 6. The van der Waals surface area contributed by atoms with E-state index in [0.717, 1.165) is 15.6 Å². The number of nitrogens with zero attached hydrogens (tertiary/aromatic N) is 2. The summed E-state index contributed by atoms with van der Waals surface area (Å²) in [5, 5.41) is 0. The number of allylic oxidation sites excluding steroid dienone is 1. The van der Waals surface area contributed by atoms with E-state index in [4.69, 9.17) is 9.47 Å². The lowest BCUT2D eigenvalue weighted by atomic mass is 9.96. The standard InChI is InChI=1S/C30H23BrN2O5S/c1-3-37-29(36)25-18(2)32-30-33(26(25)20-8-5-4-6-9-20)27(34)24(39-30)16-19-12-14-23(15-13-19)38-28(35)21-10-7-11-22(31)17-21/h4-17,26H,3H2,1-2H3/b24-16+. The summed E-state index contributed by atoms with van der Waals surface area (Å²) in [6, 6.07) is 22.6. The summed E-state index contributed by atoms with van der Waals surface area (Å²) in [5.74, 6) is -0.571. The molecule has 1 atom stereocenters. The van der Waals surface area contributed by atoms with E-state index < -0.39 is 18.0 Å². The van der Waals surface area contributed by atoms with Crippen LogP contribution in [0.3, 0.4) is 0 Å². The molecule has 1 unspecified atom stereocenters. The Morgan fingerprint density at radius 3 is 2.46 bits per heavy atom. The van der Waals surface area contributed by atoms with Gasteiger partial charge < -0.3 is 9.47 Å². The number of thiazole rings is 1. The van der Waals surface area contributed by atoms with Crippen LogP contribution >= 0.6 is 27.3 Å². The lowest BCUT2D eigenvalue weighted by molar-refractivity contribution is -0.139. The number of carbonyl (C=O) groups excluding carboxylic acids is 2.